The number of urea groups is 1. The predicted octanol–water partition coefficient (Wildman–Crippen LogP) is 4.26. The average Bonchev–Trinajstić information content (AvgIpc) is 3.34. The second-order valence-electron chi connectivity index (χ2n) is 8.12. The lowest BCUT2D eigenvalue weighted by Gasteiger charge is -2.26. The number of fused-ring (bicyclic) bond motifs is 3. The van der Waals surface area contributed by atoms with E-state index in [0.717, 1.165) is 48.7 Å². The minimum absolute atomic E-state index is 0.157. The second-order valence-corrected chi connectivity index (χ2v) is 8.12. The molecule has 2 aliphatic rings. The number of likely N-dealkylation sites (tertiary alicyclic amines) is 1. The SMILES string of the molecule is O=C(NCCN1CCCCC1)Nc1ccc(-c2n[nH]c3c2Cc2ccccc2-3)cc1. The van der Waals surface area contributed by atoms with Crippen molar-refractivity contribution in [1.29, 1.82) is 0 Å². The Balaban J connectivity index is 1.18. The number of benzene rings is 2. The Morgan fingerprint density at radius 1 is 1.03 bits per heavy atom. The number of anilines is 1. The van der Waals surface area contributed by atoms with Crippen molar-refractivity contribution in [3.8, 4) is 22.5 Å². The molecule has 1 aliphatic heterocycles. The van der Waals surface area contributed by atoms with E-state index in [4.69, 9.17) is 0 Å². The second kappa shape index (κ2) is 8.32. The quantitative estimate of drug-likeness (QED) is 0.468. The van der Waals surface area contributed by atoms with Gasteiger partial charge >= 0.3 is 6.03 Å². The molecule has 30 heavy (non-hydrogen) atoms. The lowest BCUT2D eigenvalue weighted by atomic mass is 10.1. The Kier molecular flexibility index (Phi) is 5.24. The fraction of sp³-hybridized carbons (Fsp3) is 0.333. The van der Waals surface area contributed by atoms with E-state index in [0.29, 0.717) is 6.54 Å². The third-order valence-corrected chi connectivity index (χ3v) is 6.10. The fourth-order valence-electron chi connectivity index (χ4n) is 4.50. The van der Waals surface area contributed by atoms with Crippen molar-refractivity contribution in [1.82, 2.24) is 20.4 Å². The Morgan fingerprint density at radius 2 is 1.83 bits per heavy atom. The van der Waals surface area contributed by atoms with E-state index < -0.39 is 0 Å². The van der Waals surface area contributed by atoms with Crippen molar-refractivity contribution in [3.63, 3.8) is 0 Å². The van der Waals surface area contributed by atoms with Gasteiger partial charge < -0.3 is 15.5 Å². The molecule has 1 saturated heterocycles. The third-order valence-electron chi connectivity index (χ3n) is 6.10. The van der Waals surface area contributed by atoms with Crippen LogP contribution in [0.25, 0.3) is 22.5 Å². The zero-order chi connectivity index (χ0) is 20.3. The summed E-state index contributed by atoms with van der Waals surface area (Å²) in [5, 5.41) is 13.6. The van der Waals surface area contributed by atoms with E-state index in [1.165, 1.54) is 36.0 Å². The Labute approximate surface area is 176 Å². The minimum Gasteiger partial charge on any atom is -0.337 e. The average molecular weight is 402 g/mol. The first-order valence-corrected chi connectivity index (χ1v) is 10.8. The topological polar surface area (TPSA) is 73.1 Å². The highest BCUT2D eigenvalue weighted by Crippen LogP contribution is 2.39. The molecule has 3 N–H and O–H groups in total. The van der Waals surface area contributed by atoms with Crippen LogP contribution in [-0.2, 0) is 6.42 Å². The molecular formula is C24H27N5O. The molecule has 6 heteroatoms. The van der Waals surface area contributed by atoms with Gasteiger partial charge in [-0.1, -0.05) is 42.8 Å². The largest absolute Gasteiger partial charge is 0.337 e. The molecule has 0 radical (unpaired) electrons. The van der Waals surface area contributed by atoms with Crippen LogP contribution in [0.5, 0.6) is 0 Å². The molecular weight excluding hydrogens is 374 g/mol. The maximum absolute atomic E-state index is 12.2. The van der Waals surface area contributed by atoms with E-state index in [1.54, 1.807) is 0 Å². The van der Waals surface area contributed by atoms with Crippen LogP contribution in [0, 0.1) is 0 Å². The van der Waals surface area contributed by atoms with E-state index in [9.17, 15) is 4.79 Å². The van der Waals surface area contributed by atoms with Crippen LogP contribution >= 0.6 is 0 Å². The lowest BCUT2D eigenvalue weighted by molar-refractivity contribution is 0.224. The van der Waals surface area contributed by atoms with Crippen LogP contribution in [0.1, 0.15) is 30.4 Å². The van der Waals surface area contributed by atoms with Crippen LogP contribution in [0.2, 0.25) is 0 Å². The smallest absolute Gasteiger partial charge is 0.319 e. The molecule has 2 aromatic carbocycles. The molecule has 0 unspecified atom stereocenters. The maximum Gasteiger partial charge on any atom is 0.319 e. The molecule has 154 valence electrons. The summed E-state index contributed by atoms with van der Waals surface area (Å²) in [6.07, 6.45) is 4.76. The number of H-pyrrole nitrogens is 1. The van der Waals surface area contributed by atoms with Crippen molar-refractivity contribution in [2.75, 3.05) is 31.5 Å². The van der Waals surface area contributed by atoms with Gasteiger partial charge in [-0.2, -0.15) is 5.10 Å². The number of carbonyl (C=O) groups excluding carboxylic acids is 1. The zero-order valence-corrected chi connectivity index (χ0v) is 17.1. The molecule has 6 nitrogen and oxygen atoms in total. The lowest BCUT2D eigenvalue weighted by Crippen LogP contribution is -2.39. The molecule has 0 saturated carbocycles. The summed E-state index contributed by atoms with van der Waals surface area (Å²) in [4.78, 5) is 14.6. The van der Waals surface area contributed by atoms with E-state index in [-0.39, 0.29) is 6.03 Å². The summed E-state index contributed by atoms with van der Waals surface area (Å²) >= 11 is 0. The van der Waals surface area contributed by atoms with Crippen LogP contribution in [-0.4, -0.2) is 47.3 Å². The van der Waals surface area contributed by atoms with Gasteiger partial charge in [0.05, 0.1) is 11.4 Å². The van der Waals surface area contributed by atoms with Crippen LogP contribution in [0.3, 0.4) is 0 Å². The van der Waals surface area contributed by atoms with Gasteiger partial charge in [-0.25, -0.2) is 4.79 Å². The van der Waals surface area contributed by atoms with Crippen molar-refractivity contribution in [3.05, 3.63) is 59.7 Å². The summed E-state index contributed by atoms with van der Waals surface area (Å²) in [6, 6.07) is 16.2. The van der Waals surface area contributed by atoms with Gasteiger partial charge in [0.1, 0.15) is 0 Å². The number of piperidine rings is 1. The number of nitrogens with one attached hydrogen (secondary N) is 3. The summed E-state index contributed by atoms with van der Waals surface area (Å²) in [6.45, 7) is 3.88. The van der Waals surface area contributed by atoms with Crippen LogP contribution < -0.4 is 10.6 Å². The van der Waals surface area contributed by atoms with Gasteiger partial charge in [-0.3, -0.25) is 5.10 Å². The number of nitrogens with zero attached hydrogens (tertiary/aromatic N) is 2. The Hall–Kier alpha value is -3.12. The van der Waals surface area contributed by atoms with Gasteiger partial charge in [0, 0.05) is 41.9 Å². The Bertz CT molecular complexity index is 1030. The summed E-state index contributed by atoms with van der Waals surface area (Å²) in [5.74, 6) is 0. The summed E-state index contributed by atoms with van der Waals surface area (Å²) < 4.78 is 0. The number of aromatic amines is 1. The highest BCUT2D eigenvalue weighted by atomic mass is 16.2. The number of hydrogen-bond acceptors (Lipinski definition) is 3. The summed E-state index contributed by atoms with van der Waals surface area (Å²) in [7, 11) is 0. The maximum atomic E-state index is 12.2. The molecule has 0 spiro atoms. The third kappa shape index (κ3) is 3.83. The first kappa shape index (κ1) is 18.9. The summed E-state index contributed by atoms with van der Waals surface area (Å²) in [5.41, 5.74) is 7.76. The molecule has 1 aromatic heterocycles. The molecule has 3 aromatic rings. The number of aromatic nitrogens is 2. The van der Waals surface area contributed by atoms with Crippen molar-refractivity contribution >= 4 is 11.7 Å². The van der Waals surface area contributed by atoms with Crippen molar-refractivity contribution < 1.29 is 4.79 Å². The predicted molar refractivity (Wildman–Crippen MR) is 120 cm³/mol. The highest BCUT2D eigenvalue weighted by Gasteiger charge is 2.24. The van der Waals surface area contributed by atoms with E-state index in [1.807, 2.05) is 24.3 Å². The number of carbonyl (C=O) groups is 1. The van der Waals surface area contributed by atoms with Gasteiger partial charge in [0.15, 0.2) is 0 Å². The molecule has 5 rings (SSSR count). The van der Waals surface area contributed by atoms with Crippen LogP contribution in [0.15, 0.2) is 48.5 Å². The molecule has 0 atom stereocenters. The number of hydrogen-bond donors (Lipinski definition) is 3. The van der Waals surface area contributed by atoms with Crippen LogP contribution in [0.4, 0.5) is 10.5 Å². The fourth-order valence-corrected chi connectivity index (χ4v) is 4.50. The zero-order valence-electron chi connectivity index (χ0n) is 17.1. The van der Waals surface area contributed by atoms with Gasteiger partial charge in [0.2, 0.25) is 0 Å². The van der Waals surface area contributed by atoms with Gasteiger partial charge in [-0.05, 0) is 43.6 Å². The first-order valence-electron chi connectivity index (χ1n) is 10.8. The van der Waals surface area contributed by atoms with Gasteiger partial charge in [-0.15, -0.1) is 0 Å². The van der Waals surface area contributed by atoms with E-state index >= 15 is 0 Å². The van der Waals surface area contributed by atoms with Gasteiger partial charge in [0.25, 0.3) is 0 Å². The number of rotatable bonds is 5. The Morgan fingerprint density at radius 3 is 2.67 bits per heavy atom. The molecule has 2 heterocycles. The molecule has 2 amide bonds. The minimum atomic E-state index is -0.157. The monoisotopic (exact) mass is 401 g/mol. The van der Waals surface area contributed by atoms with Crippen molar-refractivity contribution in [2.45, 2.75) is 25.7 Å². The van der Waals surface area contributed by atoms with E-state index in [2.05, 4.69) is 50.0 Å². The number of amides is 2. The van der Waals surface area contributed by atoms with Crippen molar-refractivity contribution in [2.24, 2.45) is 0 Å². The molecule has 1 aliphatic carbocycles. The first-order chi connectivity index (χ1) is 14.8. The highest BCUT2D eigenvalue weighted by molar-refractivity contribution is 5.89. The molecule has 0 bridgehead atoms. The molecule has 1 fully saturated rings. The standard InChI is InChI=1S/C24H27N5O/c30-24(25-12-15-29-13-4-1-5-14-29)26-19-10-8-17(9-11-19)22-21-16-18-6-2-3-7-20(18)23(21)28-27-22/h2-3,6-11H,1,4-5,12-16H2,(H,27,28)(H2,25,26,30). The normalized spacial score (nSPS) is 15.5.